The lowest BCUT2D eigenvalue weighted by molar-refractivity contribution is -0.156. The Kier molecular flexibility index (Phi) is 8.49. The fraction of sp³-hybridized carbons (Fsp3) is 0.360. The lowest BCUT2D eigenvalue weighted by Crippen LogP contribution is -2.50. The van der Waals surface area contributed by atoms with Crippen molar-refractivity contribution < 1.29 is 32.7 Å². The number of amides is 4. The van der Waals surface area contributed by atoms with Gasteiger partial charge in [0.2, 0.25) is 16.7 Å². The molecular weight excluding hydrogens is 486 g/mol. The molecule has 10 nitrogen and oxygen atoms in total. The first-order valence-electron chi connectivity index (χ1n) is 11.5. The van der Waals surface area contributed by atoms with Crippen LogP contribution in [-0.2, 0) is 19.9 Å². The topological polar surface area (TPSA) is 133 Å². The van der Waals surface area contributed by atoms with Crippen molar-refractivity contribution in [3.8, 4) is 16.9 Å². The number of rotatable bonds is 11. The van der Waals surface area contributed by atoms with Gasteiger partial charge >= 0.3 is 6.03 Å². The van der Waals surface area contributed by atoms with Crippen LogP contribution in [0.5, 0.6) is 5.75 Å². The maximum absolute atomic E-state index is 12.6. The summed E-state index contributed by atoms with van der Waals surface area (Å²) in [7, 11) is -2.89. The molecule has 0 aromatic heterocycles. The van der Waals surface area contributed by atoms with Crippen molar-refractivity contribution in [2.45, 2.75) is 45.2 Å². The second kappa shape index (κ2) is 11.4. The fourth-order valence-electron chi connectivity index (χ4n) is 3.82. The van der Waals surface area contributed by atoms with Crippen LogP contribution in [0.25, 0.3) is 11.1 Å². The standard InChI is InChI=1S/C25H29N3O7S/c1-4-5-14-35-20-12-10-18(11-13-20)17-6-8-19(9-7-17)22(36(33)34)21(28(32)16-29)15-27-23(30)25(2,3)26-24(27)31/h6-13,16,21,32H,4-5,14-15H2,1-3H3,(H,26,31). The van der Waals surface area contributed by atoms with Crippen LogP contribution in [-0.4, -0.2) is 71.5 Å². The summed E-state index contributed by atoms with van der Waals surface area (Å²) in [6, 6.07) is 11.7. The summed E-state index contributed by atoms with van der Waals surface area (Å²) in [5.41, 5.74) is 0.685. The van der Waals surface area contributed by atoms with Crippen LogP contribution < -0.4 is 10.1 Å². The van der Waals surface area contributed by atoms with Crippen molar-refractivity contribution in [1.82, 2.24) is 15.3 Å². The molecule has 0 bridgehead atoms. The van der Waals surface area contributed by atoms with Gasteiger partial charge in [0.05, 0.1) is 13.2 Å². The number of imide groups is 1. The predicted octanol–water partition coefficient (Wildman–Crippen LogP) is 2.48. The molecular formula is C25H29N3O7S. The Balaban J connectivity index is 1.87. The summed E-state index contributed by atoms with van der Waals surface area (Å²) in [5, 5.41) is 12.8. The minimum Gasteiger partial charge on any atom is -0.494 e. The lowest BCUT2D eigenvalue weighted by Gasteiger charge is -2.26. The number of benzene rings is 2. The van der Waals surface area contributed by atoms with Crippen LogP contribution in [0.3, 0.4) is 0 Å². The van der Waals surface area contributed by atoms with Gasteiger partial charge in [-0.2, -0.15) is 8.42 Å². The van der Waals surface area contributed by atoms with Gasteiger partial charge < -0.3 is 10.1 Å². The van der Waals surface area contributed by atoms with Gasteiger partial charge in [0, 0.05) is 0 Å². The number of unbranched alkanes of at least 4 members (excludes halogenated alkanes) is 1. The van der Waals surface area contributed by atoms with Gasteiger partial charge in [-0.25, -0.2) is 9.86 Å². The van der Waals surface area contributed by atoms with Crippen molar-refractivity contribution in [1.29, 1.82) is 0 Å². The number of ether oxygens (including phenoxy) is 1. The van der Waals surface area contributed by atoms with Crippen LogP contribution in [0.2, 0.25) is 0 Å². The van der Waals surface area contributed by atoms with Gasteiger partial charge in [0.15, 0.2) is 0 Å². The molecule has 1 fully saturated rings. The molecule has 0 aliphatic carbocycles. The lowest BCUT2D eigenvalue weighted by atomic mass is 9.99. The first kappa shape index (κ1) is 26.9. The summed E-state index contributed by atoms with van der Waals surface area (Å²) in [6.07, 6.45) is 2.03. The highest BCUT2D eigenvalue weighted by Gasteiger charge is 2.46. The van der Waals surface area contributed by atoms with E-state index in [0.29, 0.717) is 6.61 Å². The van der Waals surface area contributed by atoms with Gasteiger partial charge in [-0.1, -0.05) is 49.7 Å². The van der Waals surface area contributed by atoms with Gasteiger partial charge in [0.1, 0.15) is 22.2 Å². The molecule has 1 saturated heterocycles. The van der Waals surface area contributed by atoms with E-state index in [9.17, 15) is 28.0 Å². The molecule has 1 atom stereocenters. The van der Waals surface area contributed by atoms with E-state index in [1.807, 2.05) is 24.3 Å². The van der Waals surface area contributed by atoms with E-state index in [0.717, 1.165) is 34.6 Å². The van der Waals surface area contributed by atoms with Gasteiger partial charge in [-0.05, 0) is 49.1 Å². The Labute approximate surface area is 211 Å². The number of urea groups is 1. The number of nitrogens with zero attached hydrogens (tertiary/aromatic N) is 2. The van der Waals surface area contributed by atoms with E-state index in [-0.39, 0.29) is 21.9 Å². The maximum Gasteiger partial charge on any atom is 0.325 e. The van der Waals surface area contributed by atoms with Gasteiger partial charge in [0.25, 0.3) is 5.91 Å². The zero-order chi connectivity index (χ0) is 26.5. The minimum atomic E-state index is -2.89. The number of carbonyl (C=O) groups excluding carboxylic acids is 3. The van der Waals surface area contributed by atoms with E-state index in [4.69, 9.17) is 4.74 Å². The van der Waals surface area contributed by atoms with Crippen LogP contribution in [0.15, 0.2) is 48.5 Å². The summed E-state index contributed by atoms with van der Waals surface area (Å²) in [4.78, 5) is 36.7. The molecule has 36 heavy (non-hydrogen) atoms. The normalized spacial score (nSPS) is 15.3. The number of carbonyl (C=O) groups is 3. The van der Waals surface area contributed by atoms with Crippen molar-refractivity contribution in [3.05, 3.63) is 54.1 Å². The second-order valence-corrected chi connectivity index (χ2v) is 9.78. The molecule has 1 aliphatic rings. The molecule has 11 heteroatoms. The number of hydroxylamine groups is 2. The molecule has 3 rings (SSSR count). The number of hydrogen-bond acceptors (Lipinski definition) is 7. The van der Waals surface area contributed by atoms with Gasteiger partial charge in [-0.15, -0.1) is 0 Å². The molecule has 1 heterocycles. The maximum atomic E-state index is 12.6. The van der Waals surface area contributed by atoms with Crippen LogP contribution in [0, 0.1) is 0 Å². The van der Waals surface area contributed by atoms with E-state index in [2.05, 4.69) is 12.2 Å². The van der Waals surface area contributed by atoms with Crippen LogP contribution in [0.1, 0.15) is 39.2 Å². The molecule has 1 aliphatic heterocycles. The molecule has 2 aromatic rings. The van der Waals surface area contributed by atoms with Crippen LogP contribution in [0.4, 0.5) is 4.79 Å². The average molecular weight is 516 g/mol. The third kappa shape index (κ3) is 5.92. The Bertz CT molecular complexity index is 1250. The third-order valence-corrected chi connectivity index (χ3v) is 6.70. The van der Waals surface area contributed by atoms with E-state index < -0.39 is 40.4 Å². The predicted molar refractivity (Wildman–Crippen MR) is 133 cm³/mol. The fourth-order valence-corrected chi connectivity index (χ4v) is 4.55. The highest BCUT2D eigenvalue weighted by molar-refractivity contribution is 7.73. The first-order valence-corrected chi connectivity index (χ1v) is 12.5. The van der Waals surface area contributed by atoms with Crippen LogP contribution >= 0.6 is 0 Å². The van der Waals surface area contributed by atoms with Crippen molar-refractivity contribution in [2.75, 3.05) is 13.2 Å². The Hall–Kier alpha value is -3.70. The Morgan fingerprint density at radius 2 is 1.69 bits per heavy atom. The highest BCUT2D eigenvalue weighted by Crippen LogP contribution is 2.24. The summed E-state index contributed by atoms with van der Waals surface area (Å²) < 4.78 is 30.1. The Morgan fingerprint density at radius 1 is 1.11 bits per heavy atom. The van der Waals surface area contributed by atoms with E-state index >= 15 is 0 Å². The molecule has 2 N–H and O–H groups in total. The monoisotopic (exact) mass is 515 g/mol. The zero-order valence-corrected chi connectivity index (χ0v) is 21.1. The largest absolute Gasteiger partial charge is 0.494 e. The molecule has 0 radical (unpaired) electrons. The second-order valence-electron chi connectivity index (χ2n) is 8.87. The molecule has 0 saturated carbocycles. The third-order valence-electron chi connectivity index (χ3n) is 5.83. The Morgan fingerprint density at radius 3 is 2.17 bits per heavy atom. The first-order chi connectivity index (χ1) is 17.1. The van der Waals surface area contributed by atoms with Crippen molar-refractivity contribution >= 4 is 33.5 Å². The smallest absolute Gasteiger partial charge is 0.325 e. The average Bonchev–Trinajstić information content (AvgIpc) is 3.05. The SMILES string of the molecule is CCCCOc1ccc(-c2ccc(C(C(CN3C(=O)NC(C)(C)C3=O)N(O)C=O)=S(=O)=O)cc2)cc1. The molecule has 192 valence electrons. The zero-order valence-electron chi connectivity index (χ0n) is 20.3. The molecule has 0 spiro atoms. The summed E-state index contributed by atoms with van der Waals surface area (Å²) >= 11 is 0. The van der Waals surface area contributed by atoms with Crippen molar-refractivity contribution in [3.63, 3.8) is 0 Å². The molecule has 1 unspecified atom stereocenters. The number of hydrogen-bond donors (Lipinski definition) is 2. The molecule has 2 aromatic carbocycles. The molecule has 4 amide bonds. The van der Waals surface area contributed by atoms with Gasteiger partial charge in [-0.3, -0.25) is 19.7 Å². The minimum absolute atomic E-state index is 0.0274. The quantitative estimate of drug-likeness (QED) is 0.0893. The number of nitrogens with one attached hydrogen (secondary N) is 1. The van der Waals surface area contributed by atoms with Crippen molar-refractivity contribution in [2.24, 2.45) is 0 Å². The van der Waals surface area contributed by atoms with E-state index in [1.165, 1.54) is 26.0 Å². The summed E-state index contributed by atoms with van der Waals surface area (Å²) in [6.45, 7) is 5.18. The highest BCUT2D eigenvalue weighted by atomic mass is 32.2. The van der Waals surface area contributed by atoms with E-state index in [1.54, 1.807) is 12.1 Å². The summed E-state index contributed by atoms with van der Waals surface area (Å²) in [5.74, 6) is 0.148.